The third kappa shape index (κ3) is 4.79. The minimum atomic E-state index is 0.438. The molecule has 0 radical (unpaired) electrons. The van der Waals surface area contributed by atoms with Crippen molar-refractivity contribution in [2.24, 2.45) is 0 Å². The maximum atomic E-state index is 3.66. The van der Waals surface area contributed by atoms with Gasteiger partial charge in [-0.05, 0) is 46.0 Å². The number of aryl methyl sites for hydroxylation is 2. The molecule has 1 aromatic carbocycles. The second kappa shape index (κ2) is 7.55. The molecule has 0 aromatic heterocycles. The molecule has 0 amide bonds. The van der Waals surface area contributed by atoms with Crippen LogP contribution in [0.2, 0.25) is 0 Å². The van der Waals surface area contributed by atoms with Crippen molar-refractivity contribution in [1.82, 2.24) is 10.2 Å². The zero-order chi connectivity index (χ0) is 13.5. The maximum absolute atomic E-state index is 3.66. The Kier molecular flexibility index (Phi) is 6.37. The zero-order valence-corrected chi connectivity index (χ0v) is 12.6. The first kappa shape index (κ1) is 15.2. The molecule has 1 rings (SSSR count). The van der Waals surface area contributed by atoms with Crippen molar-refractivity contribution < 1.29 is 0 Å². The van der Waals surface area contributed by atoms with Crippen LogP contribution in [0.25, 0.3) is 0 Å². The molecule has 1 aromatic rings. The molecular weight excluding hydrogens is 220 g/mol. The Hall–Kier alpha value is -0.860. The van der Waals surface area contributed by atoms with Gasteiger partial charge in [0.05, 0.1) is 0 Å². The monoisotopic (exact) mass is 248 g/mol. The molecule has 1 unspecified atom stereocenters. The van der Waals surface area contributed by atoms with Crippen LogP contribution in [0.5, 0.6) is 0 Å². The Morgan fingerprint density at radius 3 is 2.22 bits per heavy atom. The van der Waals surface area contributed by atoms with Crippen LogP contribution in [-0.4, -0.2) is 31.6 Å². The summed E-state index contributed by atoms with van der Waals surface area (Å²) in [6.07, 6.45) is 1.18. The number of hydrogen-bond donors (Lipinski definition) is 1. The van der Waals surface area contributed by atoms with E-state index in [1.165, 1.54) is 23.1 Å². The molecule has 0 saturated heterocycles. The van der Waals surface area contributed by atoms with Gasteiger partial charge in [0.15, 0.2) is 0 Å². The molecule has 0 spiro atoms. The van der Waals surface area contributed by atoms with Gasteiger partial charge in [0.1, 0.15) is 0 Å². The molecule has 1 N–H and O–H groups in total. The molecule has 2 heteroatoms. The Bertz CT molecular complexity index is 340. The predicted molar refractivity (Wildman–Crippen MR) is 80.1 cm³/mol. The van der Waals surface area contributed by atoms with Crippen molar-refractivity contribution in [3.8, 4) is 0 Å². The third-order valence-electron chi connectivity index (χ3n) is 3.32. The summed E-state index contributed by atoms with van der Waals surface area (Å²) < 4.78 is 0. The molecule has 0 bridgehead atoms. The Morgan fingerprint density at radius 1 is 1.11 bits per heavy atom. The van der Waals surface area contributed by atoms with E-state index >= 15 is 0 Å². The molecule has 0 saturated carbocycles. The van der Waals surface area contributed by atoms with Gasteiger partial charge in [0.25, 0.3) is 0 Å². The second-order valence-electron chi connectivity index (χ2n) is 5.28. The first-order valence-electron chi connectivity index (χ1n) is 7.07. The van der Waals surface area contributed by atoms with Crippen LogP contribution in [0, 0.1) is 13.8 Å². The summed E-state index contributed by atoms with van der Waals surface area (Å²) in [7, 11) is 2.18. The van der Waals surface area contributed by atoms with Crippen LogP contribution in [0.4, 0.5) is 0 Å². The van der Waals surface area contributed by atoms with Gasteiger partial charge in [-0.15, -0.1) is 0 Å². The summed E-state index contributed by atoms with van der Waals surface area (Å²) >= 11 is 0. The van der Waals surface area contributed by atoms with Crippen molar-refractivity contribution in [1.29, 1.82) is 0 Å². The summed E-state index contributed by atoms with van der Waals surface area (Å²) in [6.45, 7) is 12.0. The molecule has 102 valence electrons. The van der Waals surface area contributed by atoms with Gasteiger partial charge in [0, 0.05) is 12.6 Å². The number of likely N-dealkylation sites (N-methyl/N-ethyl adjacent to an activating group) is 1. The normalized spacial score (nSPS) is 13.0. The lowest BCUT2D eigenvalue weighted by molar-refractivity contribution is 0.303. The van der Waals surface area contributed by atoms with Gasteiger partial charge in [-0.2, -0.15) is 0 Å². The Balaban J connectivity index is 2.85. The Morgan fingerprint density at radius 2 is 1.72 bits per heavy atom. The van der Waals surface area contributed by atoms with Crippen molar-refractivity contribution in [2.45, 2.75) is 40.2 Å². The average Bonchev–Trinajstić information content (AvgIpc) is 2.32. The van der Waals surface area contributed by atoms with Crippen LogP contribution < -0.4 is 5.32 Å². The van der Waals surface area contributed by atoms with Gasteiger partial charge >= 0.3 is 0 Å². The zero-order valence-electron chi connectivity index (χ0n) is 12.6. The SMILES string of the molecule is CCCNC(CN(C)CC)c1cc(C)cc(C)c1. The highest BCUT2D eigenvalue weighted by molar-refractivity contribution is 5.30. The lowest BCUT2D eigenvalue weighted by Gasteiger charge is -2.25. The summed E-state index contributed by atoms with van der Waals surface area (Å²) in [6, 6.07) is 7.30. The molecule has 0 aliphatic heterocycles. The van der Waals surface area contributed by atoms with Crippen LogP contribution in [-0.2, 0) is 0 Å². The van der Waals surface area contributed by atoms with E-state index in [1.807, 2.05) is 0 Å². The van der Waals surface area contributed by atoms with E-state index in [-0.39, 0.29) is 0 Å². The molecule has 1 atom stereocenters. The van der Waals surface area contributed by atoms with Crippen molar-refractivity contribution in [2.75, 3.05) is 26.7 Å². The van der Waals surface area contributed by atoms with E-state index in [0.29, 0.717) is 6.04 Å². The molecule has 0 aliphatic rings. The van der Waals surface area contributed by atoms with E-state index in [4.69, 9.17) is 0 Å². The molecule has 2 nitrogen and oxygen atoms in total. The number of hydrogen-bond acceptors (Lipinski definition) is 2. The predicted octanol–water partition coefficient (Wildman–Crippen LogP) is 3.30. The van der Waals surface area contributed by atoms with Gasteiger partial charge < -0.3 is 10.2 Å². The van der Waals surface area contributed by atoms with Crippen LogP contribution in [0.3, 0.4) is 0 Å². The largest absolute Gasteiger partial charge is 0.309 e. The summed E-state index contributed by atoms with van der Waals surface area (Å²) in [5.74, 6) is 0. The van der Waals surface area contributed by atoms with Crippen molar-refractivity contribution in [3.63, 3.8) is 0 Å². The van der Waals surface area contributed by atoms with Crippen molar-refractivity contribution >= 4 is 0 Å². The number of benzene rings is 1. The topological polar surface area (TPSA) is 15.3 Å². The van der Waals surface area contributed by atoms with Crippen LogP contribution >= 0.6 is 0 Å². The number of rotatable bonds is 7. The van der Waals surface area contributed by atoms with E-state index in [0.717, 1.165) is 19.6 Å². The van der Waals surface area contributed by atoms with Crippen LogP contribution in [0.1, 0.15) is 43.0 Å². The standard InChI is InChI=1S/C16H28N2/c1-6-8-17-16(12-18(5)7-2)15-10-13(3)9-14(4)11-15/h9-11,16-17H,6-8,12H2,1-5H3. The van der Waals surface area contributed by atoms with Gasteiger partial charge in [-0.1, -0.05) is 43.2 Å². The van der Waals surface area contributed by atoms with Gasteiger partial charge in [-0.3, -0.25) is 0 Å². The highest BCUT2D eigenvalue weighted by Gasteiger charge is 2.13. The first-order valence-corrected chi connectivity index (χ1v) is 7.07. The van der Waals surface area contributed by atoms with Gasteiger partial charge in [-0.25, -0.2) is 0 Å². The Labute approximate surface area is 112 Å². The summed E-state index contributed by atoms with van der Waals surface area (Å²) in [5, 5.41) is 3.66. The lowest BCUT2D eigenvalue weighted by Crippen LogP contribution is -2.33. The van der Waals surface area contributed by atoms with Gasteiger partial charge in [0.2, 0.25) is 0 Å². The highest BCUT2D eigenvalue weighted by atomic mass is 15.1. The fourth-order valence-electron chi connectivity index (χ4n) is 2.26. The molecule has 0 aliphatic carbocycles. The molecule has 0 heterocycles. The summed E-state index contributed by atoms with van der Waals surface area (Å²) in [4.78, 5) is 2.37. The van der Waals surface area contributed by atoms with E-state index in [2.05, 4.69) is 63.2 Å². The smallest absolute Gasteiger partial charge is 0.0449 e. The highest BCUT2D eigenvalue weighted by Crippen LogP contribution is 2.18. The fourth-order valence-corrected chi connectivity index (χ4v) is 2.26. The minimum absolute atomic E-state index is 0.438. The molecular formula is C16H28N2. The summed E-state index contributed by atoms with van der Waals surface area (Å²) in [5.41, 5.74) is 4.13. The fraction of sp³-hybridized carbons (Fsp3) is 0.625. The van der Waals surface area contributed by atoms with Crippen LogP contribution in [0.15, 0.2) is 18.2 Å². The van der Waals surface area contributed by atoms with E-state index in [9.17, 15) is 0 Å². The van der Waals surface area contributed by atoms with E-state index < -0.39 is 0 Å². The minimum Gasteiger partial charge on any atom is -0.309 e. The number of nitrogens with one attached hydrogen (secondary N) is 1. The quantitative estimate of drug-likeness (QED) is 0.796. The molecule has 0 fully saturated rings. The molecule has 18 heavy (non-hydrogen) atoms. The van der Waals surface area contributed by atoms with Crippen molar-refractivity contribution in [3.05, 3.63) is 34.9 Å². The lowest BCUT2D eigenvalue weighted by atomic mass is 10.0. The average molecular weight is 248 g/mol. The maximum Gasteiger partial charge on any atom is 0.0449 e. The third-order valence-corrected chi connectivity index (χ3v) is 3.32. The number of nitrogens with zero attached hydrogens (tertiary/aromatic N) is 1. The first-order chi connectivity index (χ1) is 8.56. The van der Waals surface area contributed by atoms with E-state index in [1.54, 1.807) is 0 Å². The second-order valence-corrected chi connectivity index (χ2v) is 5.28.